The predicted molar refractivity (Wildman–Crippen MR) is 462 cm³/mol. The zero-order valence-electron chi connectivity index (χ0n) is 66.9. The number of aryl methyl sites for hydroxylation is 3. The SMILES string of the molecule is Cc1cn([C@H]2C[C@H](O[P@](=O)(S)OC[C@H]3O[C@@H](n4cc(C)c(=O)[nH]c4=O)C[C@@H]3O[P@](=O)(S)OC[C@H]3O[C@@H](n4cc(C)c(=O)[nH]c4=O)C[C@@H]3O[P@](=O)(S)OC[C@H]3O[C@@H](n4cnc5c(=O)[nH]cnc54)C[C@@H]3O[P@](=O)(S)OC(C)C)[C@@H](CO[P@@](=O)(S)O[C@H]3C[C@H](n4cnc5c(N)ncnc54)O[C@@H]3CO[P@@](=O)(S)O[C@H]3C[C@H](n4cnc5c(=O)[nH]c(N)nc54)O[C@@H]3C)O2)c(=O)nc1N. The molecule has 52 nitrogen and oxygen atoms in total. The molecule has 6 aliphatic rings. The third kappa shape index (κ3) is 22.1. The predicted octanol–water partition coefficient (Wildman–Crippen LogP) is 5.91. The molecule has 0 radical (unpaired) electrons. The van der Waals surface area contributed by atoms with Crippen molar-refractivity contribution in [2.45, 2.75) is 197 Å². The molecule has 0 aromatic carbocycles. The number of nitrogens with one attached hydrogen (secondary N) is 4. The van der Waals surface area contributed by atoms with Gasteiger partial charge in [0.2, 0.25) is 5.95 Å². The molecule has 15 rings (SSSR count). The Bertz CT molecular complexity index is 6440. The minimum atomic E-state index is -4.87. The van der Waals surface area contributed by atoms with Crippen molar-refractivity contribution in [1.82, 2.24) is 87.2 Å². The van der Waals surface area contributed by atoms with Gasteiger partial charge in [-0.15, -0.1) is 0 Å². The minimum absolute atomic E-state index is 0.0141. The molecule has 0 unspecified atom stereocenters. The summed E-state index contributed by atoms with van der Waals surface area (Å²) in [6.07, 6.45) is -15.0. The third-order valence-corrected chi connectivity index (χ3v) is 30.7. The van der Waals surface area contributed by atoms with Crippen LogP contribution < -0.4 is 56.5 Å². The number of fused-ring (bicyclic) bond motifs is 3. The maximum Gasteiger partial charge on any atom is 0.386 e. The van der Waals surface area contributed by atoms with Gasteiger partial charge < -0.3 is 50.6 Å². The van der Waals surface area contributed by atoms with Crippen molar-refractivity contribution in [3.63, 3.8) is 0 Å². The van der Waals surface area contributed by atoms with Gasteiger partial charge in [0.1, 0.15) is 116 Å². The maximum atomic E-state index is 14.9. The third-order valence-electron chi connectivity index (χ3n) is 20.7. The van der Waals surface area contributed by atoms with E-state index in [0.717, 1.165) is 26.2 Å². The van der Waals surface area contributed by atoms with Crippen LogP contribution in [0.3, 0.4) is 0 Å². The Labute approximate surface area is 744 Å². The highest BCUT2D eigenvalue weighted by molar-refractivity contribution is 8.46. The first-order valence-corrected chi connectivity index (χ1v) is 54.4. The number of imidazole rings is 3. The number of hydrogen-bond donors (Lipinski definition) is 13. The molecule has 127 heavy (non-hydrogen) atoms. The highest BCUT2D eigenvalue weighted by Crippen LogP contribution is 2.64. The van der Waals surface area contributed by atoms with Crippen molar-refractivity contribution in [1.29, 1.82) is 0 Å². The first-order valence-electron chi connectivity index (χ1n) is 38.3. The topological polar surface area (TPSA) is 662 Å². The van der Waals surface area contributed by atoms with Crippen LogP contribution in [-0.2, 0) is 110 Å². The molecule has 24 atom stereocenters. The number of rotatable bonds is 35. The first kappa shape index (κ1) is 95.3. The summed E-state index contributed by atoms with van der Waals surface area (Å²) in [4.78, 5) is 133. The monoisotopic (exact) mass is 2010 g/mol. The lowest BCUT2D eigenvalue weighted by Crippen LogP contribution is -2.33. The Kier molecular flexibility index (Phi) is 28.5. The van der Waals surface area contributed by atoms with Crippen molar-refractivity contribution >= 4 is 165 Å². The van der Waals surface area contributed by atoms with Gasteiger partial charge >= 0.3 is 57.9 Å². The fraction of sp³-hybridized carbons (Fsp3) is 0.571. The fourth-order valence-electron chi connectivity index (χ4n) is 14.8. The van der Waals surface area contributed by atoms with E-state index in [1.54, 1.807) is 27.7 Å². The van der Waals surface area contributed by atoms with Gasteiger partial charge in [-0.2, -0.15) is 9.97 Å². The first-order chi connectivity index (χ1) is 59.8. The number of nitrogens with zero attached hydrogens (tertiary/aromatic N) is 14. The number of ether oxygens (including phenoxy) is 6. The van der Waals surface area contributed by atoms with Crippen molar-refractivity contribution in [2.75, 3.05) is 50.2 Å². The molecule has 10 N–H and O–H groups in total. The number of aromatic nitrogens is 18. The van der Waals surface area contributed by atoms with E-state index >= 15 is 0 Å². The van der Waals surface area contributed by atoms with Crippen molar-refractivity contribution in [2.24, 2.45) is 0 Å². The molecule has 6 fully saturated rings. The number of hydrogen-bond acceptors (Lipinski definition) is 42. The standard InChI is InChI=1S/C63H83N21O31P6S6/c1-26(2)109-121(97,127)115-36-12-47(83-24-72-49-54(83)69-22-70-58(49)87)108-41(36)20-102-119(95,125)113-34-10-44(81-15-29(5)57(86)78-63(81)91)106-39(34)18-100-118(94,124)112-33-9-43(80-14-28(4)56(85)77-62(80)90)105-38(33)17-99-117(93,123)111-32-8-42(79-13-27(3)51(64)74-61(79)89)104-37(32)16-101-120(96,126)114-35-11-46(82-23-71-48-52(65)67-21-68-53(48)82)107-40(35)19-98-116(92,122)110-31-7-45(103-30(31)6)84-25-73-50-55(84)75-60(66)76-59(50)88/h13-15,21-26,30-47H,7-12,16-20H2,1-6H3,(H,92,122)(H,93,123)(H,94,124)(H,95,125)(H,96,126)(H,97,127)(H2,64,74,89)(H2,65,67,68)(H,69,70,87)(H,77,85,90)(H,78,86,91)(H3,66,75,76,88)/t30-,31+,32+,33+,34+,35+,36+,37-,38-,39-,40-,41-,42-,43-,44-,45-,46-,47-,116-,117-,118-,119-,120-,121-/m1/s1. The van der Waals surface area contributed by atoms with E-state index in [1.165, 1.54) is 65.3 Å². The second-order valence-electron chi connectivity index (χ2n) is 30.0. The van der Waals surface area contributed by atoms with Gasteiger partial charge in [0.25, 0.3) is 22.2 Å². The van der Waals surface area contributed by atoms with E-state index < -0.39 is 236 Å². The Morgan fingerprint density at radius 2 is 0.764 bits per heavy atom. The van der Waals surface area contributed by atoms with E-state index in [0.29, 0.717) is 5.56 Å². The highest BCUT2D eigenvalue weighted by Gasteiger charge is 2.51. The molecule has 0 spiro atoms. The molecule has 6 aliphatic heterocycles. The lowest BCUT2D eigenvalue weighted by atomic mass is 10.2. The average molecular weight is 2010 g/mol. The summed E-state index contributed by atoms with van der Waals surface area (Å²) in [5.41, 5.74) is 13.5. The summed E-state index contributed by atoms with van der Waals surface area (Å²) in [6.45, 7) is -22.4. The van der Waals surface area contributed by atoms with Crippen molar-refractivity contribution in [3.05, 3.63) is 140 Å². The van der Waals surface area contributed by atoms with Crippen LogP contribution >= 0.6 is 114 Å². The molecule has 0 bridgehead atoms. The molecule has 9 aromatic heterocycles. The van der Waals surface area contributed by atoms with Gasteiger partial charge in [-0.25, -0.2) is 71.7 Å². The highest BCUT2D eigenvalue weighted by atomic mass is 32.7. The summed E-state index contributed by atoms with van der Waals surface area (Å²) in [6, 6.07) is 0. The van der Waals surface area contributed by atoms with Gasteiger partial charge in [0, 0.05) is 73.8 Å². The van der Waals surface area contributed by atoms with Gasteiger partial charge in [-0.05, 0) is 41.5 Å². The lowest BCUT2D eigenvalue weighted by molar-refractivity contribution is -0.0534. The summed E-state index contributed by atoms with van der Waals surface area (Å²) >= 11 is 25.7. The molecule has 6 saturated heterocycles. The smallest absolute Gasteiger partial charge is 0.383 e. The second kappa shape index (κ2) is 38.0. The Morgan fingerprint density at radius 3 is 1.20 bits per heavy atom. The molecule has 15 heterocycles. The zero-order chi connectivity index (χ0) is 91.1. The number of nitrogen functional groups attached to an aromatic ring is 3. The second-order valence-corrected chi connectivity index (χ2v) is 47.2. The van der Waals surface area contributed by atoms with Crippen LogP contribution in [0.5, 0.6) is 0 Å². The quantitative estimate of drug-likeness (QED) is 0.0162. The van der Waals surface area contributed by atoms with Crippen LogP contribution in [0.25, 0.3) is 33.5 Å². The normalized spacial score (nSPS) is 29.3. The Morgan fingerprint density at radius 1 is 0.409 bits per heavy atom. The average Bonchev–Trinajstić information content (AvgIpc) is 1.64. The number of anilines is 3. The van der Waals surface area contributed by atoms with Crippen LogP contribution in [0.1, 0.15) is 113 Å². The molecule has 0 aliphatic carbocycles. The maximum absolute atomic E-state index is 14.9. The Balaban J connectivity index is 0.633. The van der Waals surface area contributed by atoms with E-state index in [1.807, 2.05) is 0 Å². The molecular formula is C63H83N21O31P6S6. The summed E-state index contributed by atoms with van der Waals surface area (Å²) in [5, 5.41) is 0. The minimum Gasteiger partial charge on any atom is -0.383 e. The summed E-state index contributed by atoms with van der Waals surface area (Å²) in [7, 11) is 0. The van der Waals surface area contributed by atoms with E-state index in [2.05, 4.69) is 133 Å². The zero-order valence-corrected chi connectivity index (χ0v) is 77.6. The number of nitrogens with two attached hydrogens (primary N) is 3. The van der Waals surface area contributed by atoms with Gasteiger partial charge in [0.05, 0.1) is 76.7 Å². The van der Waals surface area contributed by atoms with E-state index in [-0.39, 0.29) is 94.3 Å². The van der Waals surface area contributed by atoms with Crippen LogP contribution in [0.15, 0.2) is 83.8 Å². The van der Waals surface area contributed by atoms with Crippen molar-refractivity contribution < 1.29 is 110 Å². The van der Waals surface area contributed by atoms with Crippen LogP contribution in [-0.4, -0.2) is 200 Å². The lowest BCUT2D eigenvalue weighted by Gasteiger charge is -2.27. The van der Waals surface area contributed by atoms with E-state index in [9.17, 15) is 61.0 Å². The number of thiol groups is 6. The molecule has 0 saturated carbocycles. The Hall–Kier alpha value is -6.35. The van der Waals surface area contributed by atoms with Crippen molar-refractivity contribution in [3.8, 4) is 0 Å². The molecule has 64 heteroatoms. The van der Waals surface area contributed by atoms with Gasteiger partial charge in [-0.3, -0.25) is 116 Å². The van der Waals surface area contributed by atoms with Gasteiger partial charge in [-0.1, -0.05) is 73.5 Å². The molecule has 0 amide bonds. The number of aromatic amines is 4. The number of H-pyrrole nitrogens is 4. The van der Waals surface area contributed by atoms with Crippen LogP contribution in [0.2, 0.25) is 0 Å². The van der Waals surface area contributed by atoms with E-state index in [4.69, 9.17) is 99.9 Å². The molecule has 9 aromatic rings. The molecular weight excluding hydrogens is 1930 g/mol. The van der Waals surface area contributed by atoms with Crippen LogP contribution in [0, 0.1) is 20.8 Å². The summed E-state index contributed by atoms with van der Waals surface area (Å²) in [5.74, 6) is -0.265. The van der Waals surface area contributed by atoms with Crippen LogP contribution in [0.4, 0.5) is 17.6 Å². The van der Waals surface area contributed by atoms with Gasteiger partial charge in [0.15, 0.2) is 33.8 Å². The molecule has 692 valence electrons. The largest absolute Gasteiger partial charge is 0.386 e. The fourth-order valence-corrected chi connectivity index (χ4v) is 24.5. The summed E-state index contributed by atoms with van der Waals surface area (Å²) < 4.78 is 203.